The summed E-state index contributed by atoms with van der Waals surface area (Å²) in [6.07, 6.45) is 1.61. The molecule has 7 rings (SSSR count). The lowest BCUT2D eigenvalue weighted by Gasteiger charge is -2.46. The SMILES string of the molecule is CC(=O)COc1cc2cc(Nc3nc(N4CCC(N5CCN(c6c(F)cc(C7CCC(=O)NC7=O)cc6F)CC5)C(F)(F)C4)ncc3Cl)ccc2n(C)c1=O. The summed E-state index contributed by atoms with van der Waals surface area (Å²) in [6.45, 7) is 1.14. The minimum Gasteiger partial charge on any atom is -0.480 e. The number of hydrogen-bond acceptors (Lipinski definition) is 11. The van der Waals surface area contributed by atoms with E-state index in [-0.39, 0.29) is 98.2 Å². The highest BCUT2D eigenvalue weighted by atomic mass is 35.5. The van der Waals surface area contributed by atoms with Crippen LogP contribution in [0.25, 0.3) is 10.9 Å². The Hall–Kier alpha value is -5.29. The molecule has 5 heterocycles. The molecule has 0 saturated carbocycles. The number of aromatic nitrogens is 3. The van der Waals surface area contributed by atoms with E-state index in [9.17, 15) is 19.2 Å². The number of amides is 2. The Bertz CT molecular complexity index is 2230. The third-order valence-electron chi connectivity index (χ3n) is 10.2. The zero-order valence-corrected chi connectivity index (χ0v) is 30.6. The number of halogens is 5. The van der Waals surface area contributed by atoms with Gasteiger partial charge in [-0.05, 0) is 61.7 Å². The first-order chi connectivity index (χ1) is 26.2. The molecule has 0 spiro atoms. The maximum absolute atomic E-state index is 15.9. The van der Waals surface area contributed by atoms with Crippen LogP contribution in [0, 0.1) is 11.6 Å². The molecule has 18 heteroatoms. The maximum atomic E-state index is 15.9. The van der Waals surface area contributed by atoms with Crippen molar-refractivity contribution >= 4 is 63.2 Å². The predicted octanol–water partition coefficient (Wildman–Crippen LogP) is 4.53. The van der Waals surface area contributed by atoms with Crippen LogP contribution in [-0.2, 0) is 21.4 Å². The summed E-state index contributed by atoms with van der Waals surface area (Å²) in [6, 6.07) is 7.75. The molecule has 2 atom stereocenters. The Morgan fingerprint density at radius 3 is 2.42 bits per heavy atom. The number of Topliss-reactive ketones (excluding diaryl/α,β-unsaturated/α-hetero) is 1. The molecule has 0 radical (unpaired) electrons. The van der Waals surface area contributed by atoms with Crippen molar-refractivity contribution in [1.29, 1.82) is 0 Å². The highest BCUT2D eigenvalue weighted by Gasteiger charge is 2.48. The fourth-order valence-corrected chi connectivity index (χ4v) is 7.59. The van der Waals surface area contributed by atoms with Crippen molar-refractivity contribution in [2.24, 2.45) is 7.05 Å². The number of pyridine rings is 1. The van der Waals surface area contributed by atoms with E-state index in [4.69, 9.17) is 16.3 Å². The summed E-state index contributed by atoms with van der Waals surface area (Å²) in [5, 5.41) is 6.06. The van der Waals surface area contributed by atoms with Crippen molar-refractivity contribution < 1.29 is 36.7 Å². The lowest BCUT2D eigenvalue weighted by Crippen LogP contribution is -2.62. The molecule has 3 aliphatic rings. The van der Waals surface area contributed by atoms with Crippen molar-refractivity contribution in [2.75, 3.05) is 61.0 Å². The van der Waals surface area contributed by atoms with Crippen molar-refractivity contribution in [3.63, 3.8) is 0 Å². The van der Waals surface area contributed by atoms with E-state index in [0.717, 1.165) is 12.1 Å². The molecule has 13 nitrogen and oxygen atoms in total. The number of ether oxygens (including phenoxy) is 1. The number of ketones is 1. The van der Waals surface area contributed by atoms with Crippen LogP contribution in [0.1, 0.15) is 37.7 Å². The van der Waals surface area contributed by atoms with Crippen LogP contribution < -0.4 is 30.7 Å². The van der Waals surface area contributed by atoms with Crippen molar-refractivity contribution in [2.45, 2.75) is 44.1 Å². The summed E-state index contributed by atoms with van der Waals surface area (Å²) in [7, 11) is 1.58. The van der Waals surface area contributed by atoms with Crippen LogP contribution in [0.15, 0.2) is 47.4 Å². The van der Waals surface area contributed by atoms with Crippen molar-refractivity contribution in [3.8, 4) is 5.75 Å². The van der Waals surface area contributed by atoms with E-state index in [1.165, 1.54) is 33.6 Å². The van der Waals surface area contributed by atoms with Gasteiger partial charge in [0.25, 0.3) is 11.5 Å². The summed E-state index contributed by atoms with van der Waals surface area (Å²) in [5.74, 6) is -6.79. The topological polar surface area (TPSA) is 142 Å². The molecule has 3 aliphatic heterocycles. The van der Waals surface area contributed by atoms with Gasteiger partial charge < -0.3 is 24.4 Å². The van der Waals surface area contributed by atoms with E-state index in [1.54, 1.807) is 30.1 Å². The van der Waals surface area contributed by atoms with E-state index in [2.05, 4.69) is 20.6 Å². The molecular weight excluding hydrogens is 748 g/mol. The largest absolute Gasteiger partial charge is 0.480 e. The van der Waals surface area contributed by atoms with Gasteiger partial charge in [0, 0.05) is 57.3 Å². The van der Waals surface area contributed by atoms with Crippen LogP contribution in [-0.4, -0.2) is 94.9 Å². The van der Waals surface area contributed by atoms with Gasteiger partial charge in [-0.25, -0.2) is 22.5 Å². The smallest absolute Gasteiger partial charge is 0.293 e. The summed E-state index contributed by atoms with van der Waals surface area (Å²) in [5.41, 5.74) is 0.591. The van der Waals surface area contributed by atoms with E-state index < -0.39 is 53.4 Å². The molecule has 3 fully saturated rings. The minimum absolute atomic E-state index is 0.0111. The zero-order valence-electron chi connectivity index (χ0n) is 29.9. The second kappa shape index (κ2) is 15.1. The number of carbonyl (C=O) groups is 3. The van der Waals surface area contributed by atoms with Crippen molar-refractivity contribution in [3.05, 3.63) is 75.2 Å². The molecular formula is C37H37ClF4N8O5. The summed E-state index contributed by atoms with van der Waals surface area (Å²) in [4.78, 5) is 61.1. The second-order valence-electron chi connectivity index (χ2n) is 14.0. The highest BCUT2D eigenvalue weighted by molar-refractivity contribution is 6.33. The van der Waals surface area contributed by atoms with E-state index in [1.807, 2.05) is 0 Å². The normalized spacial score (nSPS) is 20.4. The Kier molecular flexibility index (Phi) is 10.4. The average Bonchev–Trinajstić information content (AvgIpc) is 3.13. The number of hydrogen-bond donors (Lipinski definition) is 2. The number of fused-ring (bicyclic) bond motifs is 1. The summed E-state index contributed by atoms with van der Waals surface area (Å²) >= 11 is 6.42. The molecule has 2 aromatic heterocycles. The van der Waals surface area contributed by atoms with Crippen LogP contribution >= 0.6 is 11.6 Å². The van der Waals surface area contributed by atoms with E-state index in [0.29, 0.717) is 16.6 Å². The van der Waals surface area contributed by atoms with Gasteiger partial charge in [0.2, 0.25) is 17.8 Å². The fraction of sp³-hybridized carbons (Fsp3) is 0.405. The number of anilines is 4. The van der Waals surface area contributed by atoms with Crippen LogP contribution in [0.2, 0.25) is 5.02 Å². The average molecular weight is 785 g/mol. The number of aryl methyl sites for hydroxylation is 1. The Morgan fingerprint density at radius 2 is 1.75 bits per heavy atom. The molecule has 3 saturated heterocycles. The Morgan fingerprint density at radius 1 is 1.02 bits per heavy atom. The first-order valence-electron chi connectivity index (χ1n) is 17.7. The van der Waals surface area contributed by atoms with Gasteiger partial charge in [-0.3, -0.25) is 29.4 Å². The van der Waals surface area contributed by atoms with Crippen LogP contribution in [0.3, 0.4) is 0 Å². The van der Waals surface area contributed by atoms with Gasteiger partial charge in [-0.2, -0.15) is 4.98 Å². The van der Waals surface area contributed by atoms with Gasteiger partial charge in [0.1, 0.15) is 29.0 Å². The molecule has 2 unspecified atom stereocenters. The first kappa shape index (κ1) is 38.0. The standard InChI is InChI=1S/C37H37ClF4N8O5/c1-20(51)18-55-29-16-22-13-23(3-5-28(22)47(2)35(29)54)44-33-25(38)17-43-36(46-33)50-8-7-30(37(41,42)19-50)48-9-11-49(12-10-48)32-26(39)14-21(15-27(32)40)24-4-6-31(52)45-34(24)53/h3,5,13-17,24,30H,4,6-12,18-19H2,1-2H3,(H,43,44,46)(H,45,52,53). The van der Waals surface area contributed by atoms with Gasteiger partial charge >= 0.3 is 0 Å². The number of nitrogens with zero attached hydrogens (tertiary/aromatic N) is 6. The van der Waals surface area contributed by atoms with Gasteiger partial charge in [-0.15, -0.1) is 0 Å². The van der Waals surface area contributed by atoms with Crippen LogP contribution in [0.5, 0.6) is 5.75 Å². The molecule has 2 amide bonds. The van der Waals surface area contributed by atoms with Crippen LogP contribution in [0.4, 0.5) is 40.7 Å². The monoisotopic (exact) mass is 784 g/mol. The molecule has 55 heavy (non-hydrogen) atoms. The highest BCUT2D eigenvalue weighted by Crippen LogP contribution is 2.37. The number of benzene rings is 2. The lowest BCUT2D eigenvalue weighted by molar-refractivity contribution is -0.134. The quantitative estimate of drug-likeness (QED) is 0.183. The number of nitrogens with one attached hydrogen (secondary N) is 2. The van der Waals surface area contributed by atoms with Gasteiger partial charge in [-0.1, -0.05) is 11.6 Å². The fourth-order valence-electron chi connectivity index (χ4n) is 7.45. The number of piperidine rings is 2. The number of piperazine rings is 1. The Labute approximate surface area is 317 Å². The number of imide groups is 1. The van der Waals surface area contributed by atoms with Crippen molar-refractivity contribution in [1.82, 2.24) is 24.8 Å². The maximum Gasteiger partial charge on any atom is 0.293 e. The summed E-state index contributed by atoms with van der Waals surface area (Å²) < 4.78 is 69.1. The van der Waals surface area contributed by atoms with E-state index >= 15 is 17.6 Å². The lowest BCUT2D eigenvalue weighted by atomic mass is 9.90. The minimum atomic E-state index is -3.19. The molecule has 0 aliphatic carbocycles. The predicted molar refractivity (Wildman–Crippen MR) is 197 cm³/mol. The molecule has 4 aromatic rings. The number of alkyl halides is 2. The number of rotatable bonds is 9. The van der Waals surface area contributed by atoms with Gasteiger partial charge in [0.15, 0.2) is 17.4 Å². The second-order valence-corrected chi connectivity index (χ2v) is 14.4. The molecule has 2 aromatic carbocycles. The number of carbonyl (C=O) groups excluding carboxylic acids is 3. The third kappa shape index (κ3) is 7.80. The molecule has 2 N–H and O–H groups in total. The Balaban J connectivity index is 1.00. The molecule has 0 bridgehead atoms. The third-order valence-corrected chi connectivity index (χ3v) is 10.5. The first-order valence-corrected chi connectivity index (χ1v) is 18.1. The molecule has 290 valence electrons. The zero-order chi connectivity index (χ0) is 39.2. The van der Waals surface area contributed by atoms with Gasteiger partial charge in [0.05, 0.1) is 30.2 Å².